The molecule has 0 aliphatic carbocycles. The lowest BCUT2D eigenvalue weighted by molar-refractivity contribution is -0.137. The maximum absolute atomic E-state index is 12.6. The Morgan fingerprint density at radius 1 is 1.19 bits per heavy atom. The van der Waals surface area contributed by atoms with Gasteiger partial charge in [0, 0.05) is 5.56 Å². The lowest BCUT2D eigenvalue weighted by Gasteiger charge is -2.30. The van der Waals surface area contributed by atoms with Crippen LogP contribution in [0.2, 0.25) is 0 Å². The molecule has 2 aromatic rings. The third-order valence-electron chi connectivity index (χ3n) is 4.81. The number of benzene rings is 1. The van der Waals surface area contributed by atoms with Gasteiger partial charge in [0.1, 0.15) is 0 Å². The fourth-order valence-corrected chi connectivity index (χ4v) is 3.22. The van der Waals surface area contributed by atoms with Gasteiger partial charge in [0.25, 0.3) is 0 Å². The molecule has 2 heterocycles. The summed E-state index contributed by atoms with van der Waals surface area (Å²) in [6.07, 6.45) is -0.841. The molecule has 0 amide bonds. The smallest absolute Gasteiger partial charge is 0.338 e. The van der Waals surface area contributed by atoms with Crippen LogP contribution >= 0.6 is 0 Å². The molecule has 1 aromatic carbocycles. The van der Waals surface area contributed by atoms with Gasteiger partial charge in [0.05, 0.1) is 12.1 Å². The van der Waals surface area contributed by atoms with Crippen molar-refractivity contribution in [3.63, 3.8) is 0 Å². The van der Waals surface area contributed by atoms with E-state index < -0.39 is 11.7 Å². The predicted octanol–water partition coefficient (Wildman–Crippen LogP) is 3.58. The summed E-state index contributed by atoms with van der Waals surface area (Å²) >= 11 is 0. The van der Waals surface area contributed by atoms with Crippen LogP contribution in [0.25, 0.3) is 11.4 Å². The lowest BCUT2D eigenvalue weighted by Crippen LogP contribution is -2.34. The van der Waals surface area contributed by atoms with Gasteiger partial charge in [-0.05, 0) is 64.0 Å². The number of halogens is 3. The van der Waals surface area contributed by atoms with E-state index in [9.17, 15) is 13.2 Å². The quantitative estimate of drug-likeness (QED) is 0.845. The van der Waals surface area contributed by atoms with E-state index in [0.29, 0.717) is 23.8 Å². The van der Waals surface area contributed by atoms with Crippen molar-refractivity contribution >= 4 is 0 Å². The molecule has 1 aliphatic heterocycles. The fourth-order valence-electron chi connectivity index (χ4n) is 3.22. The number of nitrogens with zero attached hydrogens (tertiary/aromatic N) is 3. The van der Waals surface area contributed by atoms with Crippen LogP contribution in [0.3, 0.4) is 0 Å². The molecule has 1 aliphatic rings. The van der Waals surface area contributed by atoms with Crippen LogP contribution in [0.4, 0.5) is 13.2 Å². The summed E-state index contributed by atoms with van der Waals surface area (Å²) in [5.41, 5.74) is -0.176. The van der Waals surface area contributed by atoms with Crippen molar-refractivity contribution in [3.05, 3.63) is 35.7 Å². The van der Waals surface area contributed by atoms with E-state index in [1.165, 1.54) is 18.6 Å². The molecular weight excluding hydrogens is 345 g/mol. The molecule has 1 fully saturated rings. The van der Waals surface area contributed by atoms with Gasteiger partial charge in [-0.15, -0.1) is 0 Å². The van der Waals surface area contributed by atoms with E-state index in [1.807, 2.05) is 7.05 Å². The highest BCUT2D eigenvalue weighted by atomic mass is 19.4. The minimum atomic E-state index is -4.35. The first kappa shape index (κ1) is 18.8. The molecule has 0 bridgehead atoms. The molecular formula is C18H23F3N4O. The summed E-state index contributed by atoms with van der Waals surface area (Å²) < 4.78 is 43.1. The fraction of sp³-hybridized carbons (Fsp3) is 0.556. The van der Waals surface area contributed by atoms with Crippen molar-refractivity contribution in [2.45, 2.75) is 32.0 Å². The zero-order chi connectivity index (χ0) is 18.6. The number of hydrogen-bond donors (Lipinski definition) is 1. The molecule has 142 valence electrons. The number of alkyl halides is 3. The number of rotatable bonds is 6. The van der Waals surface area contributed by atoms with Gasteiger partial charge in [-0.2, -0.15) is 18.2 Å². The van der Waals surface area contributed by atoms with E-state index in [1.54, 1.807) is 0 Å². The zero-order valence-corrected chi connectivity index (χ0v) is 14.7. The average Bonchev–Trinajstić information content (AvgIpc) is 3.09. The maximum Gasteiger partial charge on any atom is 0.416 e. The first-order chi connectivity index (χ1) is 12.5. The Morgan fingerprint density at radius 3 is 2.50 bits per heavy atom. The Balaban J connectivity index is 1.55. The summed E-state index contributed by atoms with van der Waals surface area (Å²) in [5.74, 6) is 1.57. The van der Waals surface area contributed by atoms with E-state index in [4.69, 9.17) is 4.52 Å². The van der Waals surface area contributed by atoms with Crippen molar-refractivity contribution in [1.29, 1.82) is 0 Å². The minimum absolute atomic E-state index is 0.317. The maximum atomic E-state index is 12.6. The molecule has 0 unspecified atom stereocenters. The Hall–Kier alpha value is -1.93. The summed E-state index contributed by atoms with van der Waals surface area (Å²) in [4.78, 5) is 6.60. The van der Waals surface area contributed by atoms with E-state index >= 15 is 0 Å². The first-order valence-corrected chi connectivity index (χ1v) is 8.83. The third-order valence-corrected chi connectivity index (χ3v) is 4.81. The average molecular weight is 368 g/mol. The van der Waals surface area contributed by atoms with Crippen molar-refractivity contribution in [2.75, 3.05) is 26.7 Å². The van der Waals surface area contributed by atoms with Crippen molar-refractivity contribution < 1.29 is 17.7 Å². The molecule has 3 rings (SSSR count). The molecule has 8 heteroatoms. The Kier molecular flexibility index (Phi) is 5.93. The third kappa shape index (κ3) is 4.82. The van der Waals surface area contributed by atoms with Crippen LogP contribution in [0.15, 0.2) is 28.8 Å². The monoisotopic (exact) mass is 368 g/mol. The number of likely N-dealkylation sites (tertiary alicyclic amines) is 1. The van der Waals surface area contributed by atoms with E-state index in [0.717, 1.165) is 50.5 Å². The van der Waals surface area contributed by atoms with Crippen LogP contribution in [0, 0.1) is 5.92 Å². The molecule has 5 nitrogen and oxygen atoms in total. The lowest BCUT2D eigenvalue weighted by atomic mass is 9.93. The largest absolute Gasteiger partial charge is 0.416 e. The highest BCUT2D eigenvalue weighted by Crippen LogP contribution is 2.30. The Labute approximate surface area is 150 Å². The summed E-state index contributed by atoms with van der Waals surface area (Å²) in [5, 5.41) is 7.08. The number of hydrogen-bond acceptors (Lipinski definition) is 5. The van der Waals surface area contributed by atoms with Gasteiger partial charge in [0.2, 0.25) is 11.7 Å². The standard InChI is InChI=1S/C18H23F3N4O/c1-22-9-6-13-7-10-25(11-8-13)12-16-23-17(24-26-16)14-2-4-15(5-3-14)18(19,20)21/h2-5,13,22H,6-12H2,1H3. The van der Waals surface area contributed by atoms with Crippen LogP contribution in [-0.4, -0.2) is 41.7 Å². The van der Waals surface area contributed by atoms with Gasteiger partial charge in [0.15, 0.2) is 0 Å². The highest BCUT2D eigenvalue weighted by molar-refractivity contribution is 5.54. The van der Waals surface area contributed by atoms with Crippen molar-refractivity contribution in [2.24, 2.45) is 5.92 Å². The van der Waals surface area contributed by atoms with E-state index in [2.05, 4.69) is 20.4 Å². The topological polar surface area (TPSA) is 54.2 Å². The normalized spacial score (nSPS) is 16.9. The van der Waals surface area contributed by atoms with Gasteiger partial charge in [-0.3, -0.25) is 4.90 Å². The molecule has 1 aromatic heterocycles. The summed E-state index contributed by atoms with van der Waals surface area (Å²) in [6, 6.07) is 4.79. The number of piperidine rings is 1. The molecule has 26 heavy (non-hydrogen) atoms. The van der Waals surface area contributed by atoms with Gasteiger partial charge in [-0.1, -0.05) is 17.3 Å². The summed E-state index contributed by atoms with van der Waals surface area (Å²) in [7, 11) is 1.97. The van der Waals surface area contributed by atoms with Crippen LogP contribution in [0.5, 0.6) is 0 Å². The SMILES string of the molecule is CNCCC1CCN(Cc2nc(-c3ccc(C(F)(F)F)cc3)no2)CC1. The number of aromatic nitrogens is 2. The molecule has 0 radical (unpaired) electrons. The molecule has 0 spiro atoms. The summed E-state index contributed by atoms with van der Waals surface area (Å²) in [6.45, 7) is 3.61. The predicted molar refractivity (Wildman–Crippen MR) is 91.3 cm³/mol. The van der Waals surface area contributed by atoms with E-state index in [-0.39, 0.29) is 0 Å². The molecule has 1 saturated heterocycles. The Morgan fingerprint density at radius 2 is 1.88 bits per heavy atom. The molecule has 1 N–H and O–H groups in total. The van der Waals surface area contributed by atoms with Gasteiger partial charge >= 0.3 is 6.18 Å². The van der Waals surface area contributed by atoms with Crippen LogP contribution in [0.1, 0.15) is 30.7 Å². The van der Waals surface area contributed by atoms with Gasteiger partial charge < -0.3 is 9.84 Å². The molecule has 0 saturated carbocycles. The van der Waals surface area contributed by atoms with Crippen LogP contribution < -0.4 is 5.32 Å². The van der Waals surface area contributed by atoms with Crippen LogP contribution in [-0.2, 0) is 12.7 Å². The highest BCUT2D eigenvalue weighted by Gasteiger charge is 2.30. The zero-order valence-electron chi connectivity index (χ0n) is 14.7. The van der Waals surface area contributed by atoms with Crippen molar-refractivity contribution in [1.82, 2.24) is 20.4 Å². The second-order valence-electron chi connectivity index (χ2n) is 6.70. The number of nitrogens with one attached hydrogen (secondary N) is 1. The second-order valence-corrected chi connectivity index (χ2v) is 6.70. The molecule has 0 atom stereocenters. The van der Waals surface area contributed by atoms with Gasteiger partial charge in [-0.25, -0.2) is 0 Å². The van der Waals surface area contributed by atoms with Crippen molar-refractivity contribution in [3.8, 4) is 11.4 Å². The Bertz CT molecular complexity index is 691. The second kappa shape index (κ2) is 8.18. The first-order valence-electron chi connectivity index (χ1n) is 8.83. The minimum Gasteiger partial charge on any atom is -0.338 e.